The van der Waals surface area contributed by atoms with Crippen LogP contribution in [0.4, 0.5) is 5.69 Å². The molecule has 0 unspecified atom stereocenters. The highest BCUT2D eigenvalue weighted by molar-refractivity contribution is 5.48. The lowest BCUT2D eigenvalue weighted by atomic mass is 10.2. The van der Waals surface area contributed by atoms with Crippen LogP contribution in [-0.4, -0.2) is 26.4 Å². The molecule has 0 saturated carbocycles. The number of benzene rings is 1. The van der Waals surface area contributed by atoms with Gasteiger partial charge in [-0.05, 0) is 17.7 Å². The molecule has 0 saturated heterocycles. The van der Waals surface area contributed by atoms with E-state index in [1.165, 1.54) is 0 Å². The zero-order valence-electron chi connectivity index (χ0n) is 9.45. The van der Waals surface area contributed by atoms with Crippen molar-refractivity contribution in [3.05, 3.63) is 42.0 Å². The minimum atomic E-state index is 0.0919. The van der Waals surface area contributed by atoms with Gasteiger partial charge in [-0.3, -0.25) is 0 Å². The normalized spacial score (nSPS) is 14.8. The van der Waals surface area contributed by atoms with Gasteiger partial charge < -0.3 is 14.6 Å². The Morgan fingerprint density at radius 2 is 2.00 bits per heavy atom. The highest BCUT2D eigenvalue weighted by atomic mass is 16.3. The van der Waals surface area contributed by atoms with Crippen molar-refractivity contribution in [3.63, 3.8) is 0 Å². The van der Waals surface area contributed by atoms with E-state index in [0.29, 0.717) is 0 Å². The van der Waals surface area contributed by atoms with E-state index < -0.39 is 0 Å². The smallest absolute Gasteiger partial charge is 0.152 e. The SMILES string of the molecule is OCc1ccc(N2CCn3cnnc3C2)cc1. The molecule has 88 valence electrons. The summed E-state index contributed by atoms with van der Waals surface area (Å²) in [6.07, 6.45) is 1.78. The summed E-state index contributed by atoms with van der Waals surface area (Å²) in [7, 11) is 0. The Morgan fingerprint density at radius 1 is 1.18 bits per heavy atom. The number of fused-ring (bicyclic) bond motifs is 1. The van der Waals surface area contributed by atoms with Gasteiger partial charge in [-0.25, -0.2) is 0 Å². The Kier molecular flexibility index (Phi) is 2.53. The molecule has 1 aromatic heterocycles. The first-order valence-electron chi connectivity index (χ1n) is 5.68. The third-order valence-electron chi connectivity index (χ3n) is 3.12. The van der Waals surface area contributed by atoms with Crippen LogP contribution in [0, 0.1) is 0 Å². The molecule has 0 fully saturated rings. The van der Waals surface area contributed by atoms with Crippen molar-refractivity contribution in [2.24, 2.45) is 0 Å². The van der Waals surface area contributed by atoms with Crippen molar-refractivity contribution in [1.29, 1.82) is 0 Å². The second kappa shape index (κ2) is 4.18. The van der Waals surface area contributed by atoms with E-state index in [0.717, 1.165) is 36.7 Å². The van der Waals surface area contributed by atoms with Gasteiger partial charge in [0.2, 0.25) is 0 Å². The van der Waals surface area contributed by atoms with Gasteiger partial charge in [0.15, 0.2) is 5.82 Å². The molecule has 5 heteroatoms. The predicted octanol–water partition coefficient (Wildman–Crippen LogP) is 0.791. The molecule has 0 spiro atoms. The van der Waals surface area contributed by atoms with Gasteiger partial charge in [-0.1, -0.05) is 12.1 Å². The van der Waals surface area contributed by atoms with Gasteiger partial charge in [0.25, 0.3) is 0 Å². The van der Waals surface area contributed by atoms with E-state index in [1.807, 2.05) is 24.3 Å². The molecule has 3 rings (SSSR count). The molecule has 1 aliphatic rings. The van der Waals surface area contributed by atoms with E-state index >= 15 is 0 Å². The van der Waals surface area contributed by atoms with Crippen LogP contribution in [-0.2, 0) is 19.7 Å². The molecule has 0 radical (unpaired) electrons. The second-order valence-electron chi connectivity index (χ2n) is 4.19. The van der Waals surface area contributed by atoms with Crippen LogP contribution in [0.5, 0.6) is 0 Å². The molecule has 1 aromatic carbocycles. The first-order chi connectivity index (χ1) is 8.36. The summed E-state index contributed by atoms with van der Waals surface area (Å²) in [5.74, 6) is 1.00. The maximum atomic E-state index is 9.01. The molecule has 5 nitrogen and oxygen atoms in total. The summed E-state index contributed by atoms with van der Waals surface area (Å²) in [6, 6.07) is 7.98. The van der Waals surface area contributed by atoms with Crippen LogP contribution < -0.4 is 4.90 Å². The van der Waals surface area contributed by atoms with Crippen LogP contribution in [0.25, 0.3) is 0 Å². The average molecular weight is 230 g/mol. The Hall–Kier alpha value is -1.88. The van der Waals surface area contributed by atoms with E-state index in [-0.39, 0.29) is 6.61 Å². The molecular weight excluding hydrogens is 216 g/mol. The molecule has 1 aliphatic heterocycles. The maximum absolute atomic E-state index is 9.01. The van der Waals surface area contributed by atoms with Crippen LogP contribution >= 0.6 is 0 Å². The second-order valence-corrected chi connectivity index (χ2v) is 4.19. The van der Waals surface area contributed by atoms with Crippen molar-refractivity contribution in [2.75, 3.05) is 11.4 Å². The minimum absolute atomic E-state index is 0.0919. The quantitative estimate of drug-likeness (QED) is 0.828. The largest absolute Gasteiger partial charge is 0.392 e. The van der Waals surface area contributed by atoms with Gasteiger partial charge in [0.1, 0.15) is 6.33 Å². The fourth-order valence-electron chi connectivity index (χ4n) is 2.10. The standard InChI is InChI=1S/C12H14N4O/c17-8-10-1-3-11(4-2-10)15-5-6-16-9-13-14-12(16)7-15/h1-4,9,17H,5-8H2. The van der Waals surface area contributed by atoms with E-state index in [9.17, 15) is 0 Å². The summed E-state index contributed by atoms with van der Waals surface area (Å²) in [4.78, 5) is 2.27. The van der Waals surface area contributed by atoms with Crippen LogP contribution in [0.1, 0.15) is 11.4 Å². The highest BCUT2D eigenvalue weighted by Gasteiger charge is 2.17. The number of nitrogens with zero attached hydrogens (tertiary/aromatic N) is 4. The number of rotatable bonds is 2. The lowest BCUT2D eigenvalue weighted by Gasteiger charge is -2.29. The van der Waals surface area contributed by atoms with Crippen LogP contribution in [0.3, 0.4) is 0 Å². The lowest BCUT2D eigenvalue weighted by Crippen LogP contribution is -2.33. The number of hydrogen-bond donors (Lipinski definition) is 1. The number of aliphatic hydroxyl groups excluding tert-OH is 1. The molecule has 1 N–H and O–H groups in total. The first kappa shape index (κ1) is 10.3. The van der Waals surface area contributed by atoms with Crippen molar-refractivity contribution >= 4 is 5.69 Å². The van der Waals surface area contributed by atoms with Crippen molar-refractivity contribution in [2.45, 2.75) is 19.7 Å². The van der Waals surface area contributed by atoms with E-state index in [1.54, 1.807) is 6.33 Å². The summed E-state index contributed by atoms with van der Waals surface area (Å²) >= 11 is 0. The Labute approximate surface area is 99.3 Å². The predicted molar refractivity (Wildman–Crippen MR) is 63.4 cm³/mol. The summed E-state index contributed by atoms with van der Waals surface area (Å²) in [6.45, 7) is 2.76. The fourth-order valence-corrected chi connectivity index (χ4v) is 2.10. The third kappa shape index (κ3) is 1.89. The van der Waals surface area contributed by atoms with Crippen molar-refractivity contribution < 1.29 is 5.11 Å². The number of aromatic nitrogens is 3. The zero-order chi connectivity index (χ0) is 11.7. The Balaban J connectivity index is 1.81. The fraction of sp³-hybridized carbons (Fsp3) is 0.333. The third-order valence-corrected chi connectivity index (χ3v) is 3.12. The summed E-state index contributed by atoms with van der Waals surface area (Å²) in [5.41, 5.74) is 2.10. The van der Waals surface area contributed by atoms with Gasteiger partial charge in [0.05, 0.1) is 13.2 Å². The minimum Gasteiger partial charge on any atom is -0.392 e. The Bertz CT molecular complexity index is 505. The topological polar surface area (TPSA) is 54.2 Å². The number of aliphatic hydroxyl groups is 1. The molecular formula is C12H14N4O. The summed E-state index contributed by atoms with van der Waals surface area (Å²) in [5, 5.41) is 17.0. The van der Waals surface area contributed by atoms with Crippen molar-refractivity contribution in [3.8, 4) is 0 Å². The maximum Gasteiger partial charge on any atom is 0.152 e. The summed E-state index contributed by atoms with van der Waals surface area (Å²) < 4.78 is 2.08. The molecule has 0 aliphatic carbocycles. The highest BCUT2D eigenvalue weighted by Crippen LogP contribution is 2.20. The van der Waals surface area contributed by atoms with Gasteiger partial charge in [-0.15, -0.1) is 10.2 Å². The molecule has 2 aromatic rings. The monoisotopic (exact) mass is 230 g/mol. The van der Waals surface area contributed by atoms with E-state index in [2.05, 4.69) is 19.7 Å². The molecule has 0 atom stereocenters. The van der Waals surface area contributed by atoms with Gasteiger partial charge in [-0.2, -0.15) is 0 Å². The van der Waals surface area contributed by atoms with Crippen LogP contribution in [0.15, 0.2) is 30.6 Å². The van der Waals surface area contributed by atoms with Gasteiger partial charge in [0, 0.05) is 18.8 Å². The first-order valence-corrected chi connectivity index (χ1v) is 5.68. The van der Waals surface area contributed by atoms with E-state index in [4.69, 9.17) is 5.11 Å². The Morgan fingerprint density at radius 3 is 2.76 bits per heavy atom. The number of anilines is 1. The zero-order valence-corrected chi connectivity index (χ0v) is 9.45. The van der Waals surface area contributed by atoms with Crippen LogP contribution in [0.2, 0.25) is 0 Å². The molecule has 17 heavy (non-hydrogen) atoms. The average Bonchev–Trinajstić information content (AvgIpc) is 2.86. The molecule has 2 heterocycles. The lowest BCUT2D eigenvalue weighted by molar-refractivity contribution is 0.282. The number of hydrogen-bond acceptors (Lipinski definition) is 4. The van der Waals surface area contributed by atoms with Crippen molar-refractivity contribution in [1.82, 2.24) is 14.8 Å². The van der Waals surface area contributed by atoms with Gasteiger partial charge >= 0.3 is 0 Å². The molecule has 0 bridgehead atoms. The molecule has 0 amide bonds.